The Balaban J connectivity index is 1.70. The molecule has 0 aromatic carbocycles. The van der Waals surface area contributed by atoms with Crippen LogP contribution in [0.15, 0.2) is 0 Å². The number of aliphatic hydroxyl groups is 1. The van der Waals surface area contributed by atoms with E-state index in [1.54, 1.807) is 4.31 Å². The van der Waals surface area contributed by atoms with E-state index in [0.717, 1.165) is 44.9 Å². The van der Waals surface area contributed by atoms with E-state index in [-0.39, 0.29) is 29.9 Å². The minimum absolute atomic E-state index is 0.0129. The van der Waals surface area contributed by atoms with Gasteiger partial charge in [-0.1, -0.05) is 6.42 Å². The van der Waals surface area contributed by atoms with Crippen molar-refractivity contribution >= 4 is 10.0 Å². The number of rotatable bonds is 4. The van der Waals surface area contributed by atoms with Crippen LogP contribution in [0.25, 0.3) is 0 Å². The van der Waals surface area contributed by atoms with Crippen molar-refractivity contribution in [2.24, 2.45) is 5.92 Å². The van der Waals surface area contributed by atoms with Gasteiger partial charge in [0.25, 0.3) is 0 Å². The number of hydrogen-bond acceptors (Lipinski definition) is 4. The second-order valence-electron chi connectivity index (χ2n) is 6.40. The highest BCUT2D eigenvalue weighted by Crippen LogP contribution is 2.37. The molecular weight excluding hydrogens is 278 g/mol. The Morgan fingerprint density at radius 3 is 2.60 bits per heavy atom. The molecule has 1 saturated carbocycles. The topological polar surface area (TPSA) is 66.8 Å². The number of ether oxygens (including phenoxy) is 1. The maximum absolute atomic E-state index is 12.6. The first-order chi connectivity index (χ1) is 9.58. The van der Waals surface area contributed by atoms with E-state index in [1.165, 1.54) is 0 Å². The third-order valence-electron chi connectivity index (χ3n) is 5.05. The van der Waals surface area contributed by atoms with Crippen molar-refractivity contribution in [2.45, 2.75) is 63.2 Å². The molecule has 1 N–H and O–H groups in total. The monoisotopic (exact) mass is 303 g/mol. The lowest BCUT2D eigenvalue weighted by Crippen LogP contribution is -2.44. The molecule has 3 aliphatic rings. The Bertz CT molecular complexity index is 432. The fourth-order valence-corrected chi connectivity index (χ4v) is 6.07. The summed E-state index contributed by atoms with van der Waals surface area (Å²) in [5.41, 5.74) is 0. The first kappa shape index (κ1) is 14.8. The molecular formula is C14H25NO4S. The van der Waals surface area contributed by atoms with Crippen LogP contribution in [0.3, 0.4) is 0 Å². The zero-order chi connectivity index (χ0) is 14.2. The molecule has 3 fully saturated rings. The third kappa shape index (κ3) is 2.89. The van der Waals surface area contributed by atoms with E-state index in [0.29, 0.717) is 13.2 Å². The largest absolute Gasteiger partial charge is 0.393 e. The Morgan fingerprint density at radius 2 is 1.95 bits per heavy atom. The molecule has 1 aliphatic carbocycles. The van der Waals surface area contributed by atoms with Crippen LogP contribution < -0.4 is 0 Å². The summed E-state index contributed by atoms with van der Waals surface area (Å²) in [5, 5.41) is 10.1. The maximum Gasteiger partial charge on any atom is 0.216 e. The summed E-state index contributed by atoms with van der Waals surface area (Å²) in [7, 11) is -3.26. The van der Waals surface area contributed by atoms with Gasteiger partial charge in [-0.3, -0.25) is 0 Å². The molecule has 3 rings (SSSR count). The van der Waals surface area contributed by atoms with Crippen LogP contribution in [0.1, 0.15) is 44.9 Å². The molecule has 116 valence electrons. The molecule has 2 saturated heterocycles. The van der Waals surface area contributed by atoms with Gasteiger partial charge in [0.1, 0.15) is 0 Å². The first-order valence-electron chi connectivity index (χ1n) is 7.87. The number of sulfonamides is 1. The summed E-state index contributed by atoms with van der Waals surface area (Å²) in [6.45, 7) is 1.30. The standard InChI is InChI=1S/C14H25NO4S/c16-14-7-1-5-12(14)13-6-2-8-15(13)20(17,18)10-11-4-3-9-19-11/h11-14,16H,1-10H2. The Kier molecular flexibility index (Phi) is 4.36. The molecule has 0 spiro atoms. The quantitative estimate of drug-likeness (QED) is 0.845. The molecule has 5 nitrogen and oxygen atoms in total. The van der Waals surface area contributed by atoms with Crippen molar-refractivity contribution in [3.63, 3.8) is 0 Å². The minimum atomic E-state index is -3.26. The molecule has 0 aromatic rings. The van der Waals surface area contributed by atoms with E-state index >= 15 is 0 Å². The van der Waals surface area contributed by atoms with Crippen molar-refractivity contribution in [3.8, 4) is 0 Å². The van der Waals surface area contributed by atoms with Gasteiger partial charge in [-0.2, -0.15) is 4.31 Å². The van der Waals surface area contributed by atoms with E-state index < -0.39 is 10.0 Å². The Morgan fingerprint density at radius 1 is 1.10 bits per heavy atom. The SMILES string of the molecule is O=S(=O)(CC1CCCO1)N1CCCC1C1CCCC1O. The smallest absolute Gasteiger partial charge is 0.216 e. The molecule has 0 radical (unpaired) electrons. The molecule has 4 unspecified atom stereocenters. The van der Waals surface area contributed by atoms with Crippen molar-refractivity contribution in [1.82, 2.24) is 4.31 Å². The van der Waals surface area contributed by atoms with Gasteiger partial charge in [-0.25, -0.2) is 8.42 Å². The summed E-state index contributed by atoms with van der Waals surface area (Å²) in [6, 6.07) is 0.0129. The fourth-order valence-electron chi connectivity index (χ4n) is 4.06. The molecule has 2 heterocycles. The van der Waals surface area contributed by atoms with Crippen molar-refractivity contribution in [3.05, 3.63) is 0 Å². The second kappa shape index (κ2) is 5.91. The highest BCUT2D eigenvalue weighted by Gasteiger charge is 2.43. The third-order valence-corrected chi connectivity index (χ3v) is 7.01. The van der Waals surface area contributed by atoms with Gasteiger partial charge in [0.15, 0.2) is 0 Å². The maximum atomic E-state index is 12.6. The summed E-state index contributed by atoms with van der Waals surface area (Å²) in [5.74, 6) is 0.253. The van der Waals surface area contributed by atoms with Gasteiger partial charge in [0, 0.05) is 25.1 Å². The highest BCUT2D eigenvalue weighted by molar-refractivity contribution is 7.89. The first-order valence-corrected chi connectivity index (χ1v) is 9.48. The molecule has 4 atom stereocenters. The van der Waals surface area contributed by atoms with Gasteiger partial charge in [-0.15, -0.1) is 0 Å². The van der Waals surface area contributed by atoms with E-state index in [4.69, 9.17) is 4.74 Å². The van der Waals surface area contributed by atoms with Crippen molar-refractivity contribution in [1.29, 1.82) is 0 Å². The van der Waals surface area contributed by atoms with Gasteiger partial charge in [0.05, 0.1) is 18.0 Å². The van der Waals surface area contributed by atoms with Crippen LogP contribution in [0, 0.1) is 5.92 Å². The van der Waals surface area contributed by atoms with Crippen molar-refractivity contribution in [2.75, 3.05) is 18.9 Å². The Hall–Kier alpha value is -0.170. The number of hydrogen-bond donors (Lipinski definition) is 1. The average Bonchev–Trinajstić information content (AvgIpc) is 3.07. The van der Waals surface area contributed by atoms with Crippen LogP contribution in [0.5, 0.6) is 0 Å². The minimum Gasteiger partial charge on any atom is -0.393 e. The van der Waals surface area contributed by atoms with Crippen LogP contribution in [0.4, 0.5) is 0 Å². The van der Waals surface area contributed by atoms with Crippen LogP contribution >= 0.6 is 0 Å². The summed E-state index contributed by atoms with van der Waals surface area (Å²) in [6.07, 6.45) is 5.97. The van der Waals surface area contributed by atoms with Crippen LogP contribution in [0.2, 0.25) is 0 Å². The number of aliphatic hydroxyl groups excluding tert-OH is 1. The highest BCUT2D eigenvalue weighted by atomic mass is 32.2. The molecule has 2 aliphatic heterocycles. The second-order valence-corrected chi connectivity index (χ2v) is 8.36. The lowest BCUT2D eigenvalue weighted by atomic mass is 9.95. The zero-order valence-electron chi connectivity index (χ0n) is 11.9. The van der Waals surface area contributed by atoms with Gasteiger partial charge in [0.2, 0.25) is 10.0 Å². The Labute approximate surface area is 121 Å². The molecule has 0 aromatic heterocycles. The summed E-state index contributed by atoms with van der Waals surface area (Å²) in [4.78, 5) is 0. The molecule has 0 amide bonds. The van der Waals surface area contributed by atoms with Crippen LogP contribution in [-0.2, 0) is 14.8 Å². The van der Waals surface area contributed by atoms with Gasteiger partial charge in [-0.05, 0) is 38.5 Å². The molecule has 6 heteroatoms. The predicted octanol–water partition coefficient (Wildman–Crippen LogP) is 1.12. The van der Waals surface area contributed by atoms with Crippen molar-refractivity contribution < 1.29 is 18.3 Å². The number of nitrogens with zero attached hydrogens (tertiary/aromatic N) is 1. The molecule has 0 bridgehead atoms. The van der Waals surface area contributed by atoms with E-state index in [1.807, 2.05) is 0 Å². The lowest BCUT2D eigenvalue weighted by Gasteiger charge is -2.31. The van der Waals surface area contributed by atoms with E-state index in [9.17, 15) is 13.5 Å². The van der Waals surface area contributed by atoms with E-state index in [2.05, 4.69) is 0 Å². The zero-order valence-corrected chi connectivity index (χ0v) is 12.7. The molecule has 20 heavy (non-hydrogen) atoms. The summed E-state index contributed by atoms with van der Waals surface area (Å²) >= 11 is 0. The normalized spacial score (nSPS) is 39.6. The van der Waals surface area contributed by atoms with Gasteiger partial charge < -0.3 is 9.84 Å². The lowest BCUT2D eigenvalue weighted by molar-refractivity contribution is 0.0961. The van der Waals surface area contributed by atoms with Gasteiger partial charge >= 0.3 is 0 Å². The predicted molar refractivity (Wildman–Crippen MR) is 75.8 cm³/mol. The fraction of sp³-hybridized carbons (Fsp3) is 1.00. The summed E-state index contributed by atoms with van der Waals surface area (Å²) < 4.78 is 32.4. The van der Waals surface area contributed by atoms with Crippen LogP contribution in [-0.4, -0.2) is 55.0 Å². The average molecular weight is 303 g/mol.